The summed E-state index contributed by atoms with van der Waals surface area (Å²) < 4.78 is 0. The van der Waals surface area contributed by atoms with Crippen LogP contribution in [0.25, 0.3) is 12.2 Å². The van der Waals surface area contributed by atoms with Crippen molar-refractivity contribution < 1.29 is 0 Å². The fourth-order valence-electron chi connectivity index (χ4n) is 1.10. The van der Waals surface area contributed by atoms with Crippen LogP contribution in [0.1, 0.15) is 11.5 Å². The number of allylic oxidation sites excluding steroid dienone is 2. The summed E-state index contributed by atoms with van der Waals surface area (Å²) in [5, 5.41) is 0. The lowest BCUT2D eigenvalue weighted by Gasteiger charge is -1.88. The van der Waals surface area contributed by atoms with E-state index in [0.29, 0.717) is 5.82 Å². The van der Waals surface area contributed by atoms with Gasteiger partial charge in [0.1, 0.15) is 12.7 Å². The van der Waals surface area contributed by atoms with E-state index < -0.39 is 0 Å². The highest BCUT2D eigenvalue weighted by Gasteiger charge is 1.84. The molecule has 78 valence electrons. The monoisotopic (exact) mass is 210 g/mol. The second-order valence-electron chi connectivity index (χ2n) is 2.97. The number of pyridine rings is 1. The van der Waals surface area contributed by atoms with Gasteiger partial charge in [0, 0.05) is 6.20 Å². The topological polar surface area (TPSA) is 51.6 Å². The predicted molar refractivity (Wildman–Crippen MR) is 62.1 cm³/mol. The zero-order valence-corrected chi connectivity index (χ0v) is 8.56. The normalized spacial score (nSPS) is 11.2. The van der Waals surface area contributed by atoms with Crippen molar-refractivity contribution in [1.82, 2.24) is 19.9 Å². The Balaban J connectivity index is 1.98. The van der Waals surface area contributed by atoms with Crippen molar-refractivity contribution in [3.8, 4) is 0 Å². The van der Waals surface area contributed by atoms with Gasteiger partial charge in [-0.2, -0.15) is 0 Å². The van der Waals surface area contributed by atoms with Crippen molar-refractivity contribution >= 4 is 12.2 Å². The summed E-state index contributed by atoms with van der Waals surface area (Å²) in [5.41, 5.74) is 0.919. The van der Waals surface area contributed by atoms with E-state index in [-0.39, 0.29) is 0 Å². The molecule has 0 aliphatic heterocycles. The highest BCUT2D eigenvalue weighted by atomic mass is 15.0. The largest absolute Gasteiger partial charge is 0.257 e. The van der Waals surface area contributed by atoms with E-state index in [2.05, 4.69) is 19.9 Å². The van der Waals surface area contributed by atoms with Crippen LogP contribution in [0.3, 0.4) is 0 Å². The Morgan fingerprint density at radius 3 is 2.44 bits per heavy atom. The SMILES string of the molecule is C(/C=C/c1ncncn1)=C\c1ccccn1. The molecule has 0 unspecified atom stereocenters. The molecule has 4 nitrogen and oxygen atoms in total. The molecule has 2 aromatic rings. The van der Waals surface area contributed by atoms with Crippen LogP contribution in [0.2, 0.25) is 0 Å². The molecule has 4 heteroatoms. The molecular weight excluding hydrogens is 200 g/mol. The fraction of sp³-hybridized carbons (Fsp3) is 0. The first-order chi connectivity index (χ1) is 7.95. The van der Waals surface area contributed by atoms with E-state index in [0.717, 1.165) is 5.69 Å². The number of aromatic nitrogens is 4. The summed E-state index contributed by atoms with van der Waals surface area (Å²) in [6.45, 7) is 0. The summed E-state index contributed by atoms with van der Waals surface area (Å²) in [5.74, 6) is 0.640. The van der Waals surface area contributed by atoms with Gasteiger partial charge in [0.15, 0.2) is 5.82 Å². The van der Waals surface area contributed by atoms with E-state index in [1.807, 2.05) is 36.4 Å². The molecule has 0 spiro atoms. The molecule has 0 bridgehead atoms. The summed E-state index contributed by atoms with van der Waals surface area (Å²) in [4.78, 5) is 15.8. The smallest absolute Gasteiger partial charge is 0.155 e. The molecule has 0 N–H and O–H groups in total. The molecule has 0 radical (unpaired) electrons. The number of rotatable bonds is 3. The van der Waals surface area contributed by atoms with Gasteiger partial charge in [-0.1, -0.05) is 18.2 Å². The van der Waals surface area contributed by atoms with Crippen molar-refractivity contribution in [2.24, 2.45) is 0 Å². The Bertz CT molecular complexity index is 429. The van der Waals surface area contributed by atoms with Crippen LogP contribution in [0.15, 0.2) is 49.2 Å². The highest BCUT2D eigenvalue weighted by Crippen LogP contribution is 1.97. The van der Waals surface area contributed by atoms with Gasteiger partial charge in [-0.05, 0) is 24.3 Å². The van der Waals surface area contributed by atoms with Crippen LogP contribution in [-0.4, -0.2) is 19.9 Å². The fourth-order valence-corrected chi connectivity index (χ4v) is 1.10. The van der Waals surface area contributed by atoms with Crippen molar-refractivity contribution in [2.45, 2.75) is 0 Å². The first-order valence-corrected chi connectivity index (χ1v) is 4.83. The standard InChI is InChI=1S/C12H10N4/c1(5-11-6-3-4-8-14-11)2-7-12-15-9-13-10-16-12/h1-10H/b5-1+,7-2+. The summed E-state index contributed by atoms with van der Waals surface area (Å²) in [6.07, 6.45) is 12.2. The van der Waals surface area contributed by atoms with Gasteiger partial charge >= 0.3 is 0 Å². The summed E-state index contributed by atoms with van der Waals surface area (Å²) in [6, 6.07) is 5.77. The average molecular weight is 210 g/mol. The Hall–Kier alpha value is -2.36. The molecule has 16 heavy (non-hydrogen) atoms. The van der Waals surface area contributed by atoms with Crippen LogP contribution in [0.4, 0.5) is 0 Å². The maximum atomic E-state index is 4.16. The first-order valence-electron chi connectivity index (χ1n) is 4.83. The third-order valence-electron chi connectivity index (χ3n) is 1.82. The molecule has 2 heterocycles. The maximum Gasteiger partial charge on any atom is 0.155 e. The van der Waals surface area contributed by atoms with Gasteiger partial charge in [0.25, 0.3) is 0 Å². The van der Waals surface area contributed by atoms with Crippen LogP contribution in [0, 0.1) is 0 Å². The lowest BCUT2D eigenvalue weighted by Crippen LogP contribution is -1.85. The van der Waals surface area contributed by atoms with Gasteiger partial charge in [-0.25, -0.2) is 15.0 Å². The van der Waals surface area contributed by atoms with E-state index in [1.165, 1.54) is 12.7 Å². The lowest BCUT2D eigenvalue weighted by molar-refractivity contribution is 1.03. The van der Waals surface area contributed by atoms with E-state index in [1.54, 1.807) is 12.3 Å². The van der Waals surface area contributed by atoms with Gasteiger partial charge in [-0.15, -0.1) is 0 Å². The Morgan fingerprint density at radius 1 is 0.875 bits per heavy atom. The van der Waals surface area contributed by atoms with E-state index in [4.69, 9.17) is 0 Å². The number of hydrogen-bond donors (Lipinski definition) is 0. The van der Waals surface area contributed by atoms with Gasteiger partial charge in [-0.3, -0.25) is 4.98 Å². The molecule has 0 amide bonds. The molecule has 0 atom stereocenters. The Kier molecular flexibility index (Phi) is 3.50. The van der Waals surface area contributed by atoms with E-state index >= 15 is 0 Å². The van der Waals surface area contributed by atoms with Crippen molar-refractivity contribution in [3.63, 3.8) is 0 Å². The van der Waals surface area contributed by atoms with Gasteiger partial charge in [0.05, 0.1) is 5.69 Å². The quantitative estimate of drug-likeness (QED) is 0.727. The average Bonchev–Trinajstić information content (AvgIpc) is 2.37. The van der Waals surface area contributed by atoms with E-state index in [9.17, 15) is 0 Å². The molecule has 2 aromatic heterocycles. The molecule has 0 fully saturated rings. The van der Waals surface area contributed by atoms with Crippen LogP contribution in [0.5, 0.6) is 0 Å². The van der Waals surface area contributed by atoms with Crippen molar-refractivity contribution in [3.05, 3.63) is 60.7 Å². The Morgan fingerprint density at radius 2 is 1.69 bits per heavy atom. The van der Waals surface area contributed by atoms with Crippen molar-refractivity contribution in [2.75, 3.05) is 0 Å². The molecular formula is C12H10N4. The number of nitrogens with zero attached hydrogens (tertiary/aromatic N) is 4. The third kappa shape index (κ3) is 3.09. The molecule has 0 aliphatic rings. The zero-order chi connectivity index (χ0) is 11.1. The molecule has 0 aromatic carbocycles. The van der Waals surface area contributed by atoms with Crippen LogP contribution in [-0.2, 0) is 0 Å². The van der Waals surface area contributed by atoms with Gasteiger partial charge in [0.2, 0.25) is 0 Å². The molecule has 0 saturated heterocycles. The summed E-state index contributed by atoms with van der Waals surface area (Å²) >= 11 is 0. The zero-order valence-electron chi connectivity index (χ0n) is 8.56. The molecule has 0 aliphatic carbocycles. The molecule has 0 saturated carbocycles. The highest BCUT2D eigenvalue weighted by molar-refractivity contribution is 5.51. The first kappa shape index (κ1) is 10.2. The third-order valence-corrected chi connectivity index (χ3v) is 1.82. The summed E-state index contributed by atoms with van der Waals surface area (Å²) in [7, 11) is 0. The van der Waals surface area contributed by atoms with Crippen LogP contribution < -0.4 is 0 Å². The molecule has 2 rings (SSSR count). The number of hydrogen-bond acceptors (Lipinski definition) is 4. The van der Waals surface area contributed by atoms with Gasteiger partial charge < -0.3 is 0 Å². The predicted octanol–water partition coefficient (Wildman–Crippen LogP) is 1.99. The second kappa shape index (κ2) is 5.50. The minimum absolute atomic E-state index is 0.640. The van der Waals surface area contributed by atoms with Crippen molar-refractivity contribution in [1.29, 1.82) is 0 Å². The second-order valence-corrected chi connectivity index (χ2v) is 2.97. The maximum absolute atomic E-state index is 4.16. The minimum atomic E-state index is 0.640. The lowest BCUT2D eigenvalue weighted by atomic mass is 10.3. The minimum Gasteiger partial charge on any atom is -0.257 e. The van der Waals surface area contributed by atoms with Crippen LogP contribution >= 0.6 is 0 Å². The Labute approximate surface area is 93.4 Å².